The summed E-state index contributed by atoms with van der Waals surface area (Å²) in [6.45, 7) is 10.5. The molecule has 0 aliphatic carbocycles. The van der Waals surface area contributed by atoms with Crippen LogP contribution >= 0.6 is 0 Å². The molecule has 0 fully saturated rings. The summed E-state index contributed by atoms with van der Waals surface area (Å²) in [7, 11) is 0. The lowest BCUT2D eigenvalue weighted by molar-refractivity contribution is 0.358. The highest BCUT2D eigenvalue weighted by Crippen LogP contribution is 2.25. The summed E-state index contributed by atoms with van der Waals surface area (Å²) in [6.07, 6.45) is 5.14. The minimum Gasteiger partial charge on any atom is -0.399 e. The van der Waals surface area contributed by atoms with Gasteiger partial charge in [-0.1, -0.05) is 6.07 Å². The largest absolute Gasteiger partial charge is 0.399 e. The van der Waals surface area contributed by atoms with Crippen molar-refractivity contribution in [3.05, 3.63) is 59.2 Å². The number of hydrogen-bond acceptors (Lipinski definition) is 5. The maximum absolute atomic E-state index is 5.94. The Kier molecular flexibility index (Phi) is 5.17. The lowest BCUT2D eigenvalue weighted by Gasteiger charge is -2.22. The number of benzene rings is 1. The smallest absolute Gasteiger partial charge is 0.152 e. The van der Waals surface area contributed by atoms with E-state index in [0.717, 1.165) is 41.6 Å². The van der Waals surface area contributed by atoms with Crippen LogP contribution in [-0.2, 0) is 18.4 Å². The first-order valence-electron chi connectivity index (χ1n) is 9.23. The Morgan fingerprint density at radius 1 is 1.04 bits per heavy atom. The van der Waals surface area contributed by atoms with E-state index in [9.17, 15) is 0 Å². The van der Waals surface area contributed by atoms with Gasteiger partial charge in [-0.15, -0.1) is 0 Å². The molecule has 0 unspecified atom stereocenters. The Morgan fingerprint density at radius 3 is 2.48 bits per heavy atom. The first-order valence-corrected chi connectivity index (χ1v) is 9.23. The second-order valence-corrected chi connectivity index (χ2v) is 7.90. The first kappa shape index (κ1) is 18.9. The van der Waals surface area contributed by atoms with E-state index in [1.54, 1.807) is 12.4 Å². The molecule has 1 aromatic carbocycles. The van der Waals surface area contributed by atoms with E-state index in [4.69, 9.17) is 10.8 Å². The van der Waals surface area contributed by atoms with Crippen LogP contribution in [0.3, 0.4) is 0 Å². The Balaban J connectivity index is 1.85. The van der Waals surface area contributed by atoms with E-state index in [1.807, 2.05) is 17.7 Å². The van der Waals surface area contributed by atoms with Crippen molar-refractivity contribution in [1.82, 2.24) is 19.7 Å². The number of aromatic nitrogens is 4. The maximum atomic E-state index is 5.94. The van der Waals surface area contributed by atoms with Gasteiger partial charge in [0.2, 0.25) is 0 Å². The van der Waals surface area contributed by atoms with Gasteiger partial charge in [0, 0.05) is 24.1 Å². The van der Waals surface area contributed by atoms with Crippen molar-refractivity contribution < 1.29 is 0 Å². The third-order valence-corrected chi connectivity index (χ3v) is 4.55. The standard InChI is InChI=1S/C21H28N6/c1-14-6-8-17(22)12-16(14)7-9-18-13-19(27(26-18)21(3,4)5)25-20-15(2)23-10-11-24-20/h6,8,10-13H,7,9,22H2,1-5H3,(H,24,25). The number of aryl methyl sites for hydroxylation is 4. The number of nitrogens with zero attached hydrogens (tertiary/aromatic N) is 4. The van der Waals surface area contributed by atoms with Crippen LogP contribution in [0.5, 0.6) is 0 Å². The van der Waals surface area contributed by atoms with Crippen molar-refractivity contribution in [1.29, 1.82) is 0 Å². The van der Waals surface area contributed by atoms with Crippen LogP contribution in [-0.4, -0.2) is 19.7 Å². The average molecular weight is 364 g/mol. The monoisotopic (exact) mass is 364 g/mol. The molecular formula is C21H28N6. The van der Waals surface area contributed by atoms with Gasteiger partial charge in [-0.05, 0) is 70.7 Å². The zero-order valence-corrected chi connectivity index (χ0v) is 16.7. The molecule has 0 amide bonds. The van der Waals surface area contributed by atoms with Crippen LogP contribution in [0, 0.1) is 13.8 Å². The average Bonchev–Trinajstić information content (AvgIpc) is 3.01. The fraction of sp³-hybridized carbons (Fsp3) is 0.381. The van der Waals surface area contributed by atoms with Crippen molar-refractivity contribution in [2.75, 3.05) is 11.1 Å². The normalized spacial score (nSPS) is 11.6. The molecule has 142 valence electrons. The van der Waals surface area contributed by atoms with E-state index >= 15 is 0 Å². The summed E-state index contributed by atoms with van der Waals surface area (Å²) in [5.41, 5.74) is 11.0. The highest BCUT2D eigenvalue weighted by atomic mass is 15.4. The van der Waals surface area contributed by atoms with Gasteiger partial charge in [-0.2, -0.15) is 5.10 Å². The minimum atomic E-state index is -0.149. The van der Waals surface area contributed by atoms with Gasteiger partial charge >= 0.3 is 0 Å². The summed E-state index contributed by atoms with van der Waals surface area (Å²) in [5.74, 6) is 1.67. The van der Waals surface area contributed by atoms with E-state index in [2.05, 4.69) is 61.2 Å². The van der Waals surface area contributed by atoms with Crippen LogP contribution in [0.4, 0.5) is 17.3 Å². The predicted molar refractivity (Wildman–Crippen MR) is 110 cm³/mol. The highest BCUT2D eigenvalue weighted by molar-refractivity contribution is 5.55. The lowest BCUT2D eigenvalue weighted by Crippen LogP contribution is -2.25. The molecule has 0 aliphatic rings. The van der Waals surface area contributed by atoms with Crippen LogP contribution in [0.1, 0.15) is 43.3 Å². The maximum Gasteiger partial charge on any atom is 0.152 e. The molecule has 6 nitrogen and oxygen atoms in total. The van der Waals surface area contributed by atoms with Gasteiger partial charge in [0.05, 0.1) is 16.9 Å². The zero-order chi connectivity index (χ0) is 19.6. The SMILES string of the molecule is Cc1ccc(N)cc1CCc1cc(Nc2nccnc2C)n(C(C)(C)C)n1. The molecule has 2 aromatic heterocycles. The molecule has 27 heavy (non-hydrogen) atoms. The number of rotatable bonds is 5. The molecule has 2 heterocycles. The van der Waals surface area contributed by atoms with E-state index in [0.29, 0.717) is 0 Å². The Morgan fingerprint density at radius 2 is 1.78 bits per heavy atom. The number of nitrogen functional groups attached to an aromatic ring is 1. The molecule has 0 atom stereocenters. The first-order chi connectivity index (χ1) is 12.7. The Hall–Kier alpha value is -2.89. The fourth-order valence-corrected chi connectivity index (χ4v) is 3.03. The molecule has 0 saturated heterocycles. The molecular weight excluding hydrogens is 336 g/mol. The Bertz CT molecular complexity index is 936. The molecule has 3 N–H and O–H groups in total. The number of nitrogens with one attached hydrogen (secondary N) is 1. The predicted octanol–water partition coefficient (Wildman–Crippen LogP) is 4.16. The van der Waals surface area contributed by atoms with Crippen LogP contribution < -0.4 is 11.1 Å². The van der Waals surface area contributed by atoms with E-state index in [-0.39, 0.29) is 5.54 Å². The van der Waals surface area contributed by atoms with Gasteiger partial charge in [0.15, 0.2) is 5.82 Å². The Labute approximate surface area is 160 Å². The second-order valence-electron chi connectivity index (χ2n) is 7.90. The highest BCUT2D eigenvalue weighted by Gasteiger charge is 2.20. The third kappa shape index (κ3) is 4.45. The van der Waals surface area contributed by atoms with Crippen molar-refractivity contribution in [3.8, 4) is 0 Å². The summed E-state index contributed by atoms with van der Waals surface area (Å²) in [6, 6.07) is 8.17. The molecule has 0 saturated carbocycles. The zero-order valence-electron chi connectivity index (χ0n) is 16.7. The van der Waals surface area contributed by atoms with Gasteiger partial charge in [-0.3, -0.25) is 4.98 Å². The van der Waals surface area contributed by atoms with E-state index in [1.165, 1.54) is 11.1 Å². The molecule has 0 bridgehead atoms. The second kappa shape index (κ2) is 7.39. The molecule has 3 rings (SSSR count). The molecule has 0 spiro atoms. The number of hydrogen-bond donors (Lipinski definition) is 2. The van der Waals surface area contributed by atoms with Crippen molar-refractivity contribution >= 4 is 17.3 Å². The van der Waals surface area contributed by atoms with E-state index < -0.39 is 0 Å². The fourth-order valence-electron chi connectivity index (χ4n) is 3.03. The van der Waals surface area contributed by atoms with Crippen molar-refractivity contribution in [3.63, 3.8) is 0 Å². The van der Waals surface area contributed by atoms with Crippen molar-refractivity contribution in [2.45, 2.75) is 53.0 Å². The van der Waals surface area contributed by atoms with Gasteiger partial charge in [-0.25, -0.2) is 9.67 Å². The van der Waals surface area contributed by atoms with Crippen LogP contribution in [0.15, 0.2) is 36.7 Å². The van der Waals surface area contributed by atoms with Gasteiger partial charge in [0.25, 0.3) is 0 Å². The molecule has 3 aromatic rings. The third-order valence-electron chi connectivity index (χ3n) is 4.55. The molecule has 0 aliphatic heterocycles. The van der Waals surface area contributed by atoms with Gasteiger partial charge < -0.3 is 11.1 Å². The quantitative estimate of drug-likeness (QED) is 0.665. The van der Waals surface area contributed by atoms with Crippen molar-refractivity contribution in [2.24, 2.45) is 0 Å². The molecule has 0 radical (unpaired) electrons. The minimum absolute atomic E-state index is 0.149. The summed E-state index contributed by atoms with van der Waals surface area (Å²) in [4.78, 5) is 8.69. The summed E-state index contributed by atoms with van der Waals surface area (Å²) >= 11 is 0. The van der Waals surface area contributed by atoms with Crippen LogP contribution in [0.2, 0.25) is 0 Å². The lowest BCUT2D eigenvalue weighted by atomic mass is 10.0. The molecule has 6 heteroatoms. The summed E-state index contributed by atoms with van der Waals surface area (Å²) < 4.78 is 2.02. The summed E-state index contributed by atoms with van der Waals surface area (Å²) in [5, 5.41) is 8.24. The number of anilines is 3. The van der Waals surface area contributed by atoms with Crippen LogP contribution in [0.25, 0.3) is 0 Å². The number of nitrogens with two attached hydrogens (primary N) is 1. The topological polar surface area (TPSA) is 81.6 Å². The van der Waals surface area contributed by atoms with Gasteiger partial charge in [0.1, 0.15) is 5.82 Å².